The highest BCUT2D eigenvalue weighted by molar-refractivity contribution is 7.20. The van der Waals surface area contributed by atoms with Crippen LogP contribution in [0.1, 0.15) is 39.2 Å². The maximum atomic E-state index is 5.63. The third-order valence-corrected chi connectivity index (χ3v) is 13.7. The Balaban J connectivity index is 1.06. The molecular weight excluding hydrogens is 687 g/mol. The summed E-state index contributed by atoms with van der Waals surface area (Å²) in [6.45, 7) is 0. The second kappa shape index (κ2) is 10.7. The Morgan fingerprint density at radius 1 is 0.600 bits per heavy atom. The molecule has 0 aliphatic heterocycles. The lowest BCUT2D eigenvalue weighted by atomic mass is 9.73. The number of benzene rings is 7. The van der Waals surface area contributed by atoms with Crippen molar-refractivity contribution < 1.29 is 0 Å². The average Bonchev–Trinajstić information content (AvgIpc) is 3.97. The number of fused-ring (bicyclic) bond motifs is 18. The first-order valence-corrected chi connectivity index (χ1v) is 19.9. The zero-order chi connectivity index (χ0) is 35.8. The van der Waals surface area contributed by atoms with Crippen LogP contribution in [0, 0.1) is 0 Å². The van der Waals surface area contributed by atoms with Crippen molar-refractivity contribution in [3.05, 3.63) is 191 Å². The molecule has 4 heteroatoms. The molecule has 13 rings (SSSR count). The van der Waals surface area contributed by atoms with E-state index in [0.717, 1.165) is 46.6 Å². The van der Waals surface area contributed by atoms with Gasteiger partial charge in [-0.2, -0.15) is 0 Å². The van der Waals surface area contributed by atoms with E-state index >= 15 is 0 Å². The van der Waals surface area contributed by atoms with Crippen LogP contribution in [0.15, 0.2) is 158 Å². The van der Waals surface area contributed by atoms with Crippen LogP contribution < -0.4 is 0 Å². The summed E-state index contributed by atoms with van der Waals surface area (Å²) in [5, 5.41) is 6.33. The summed E-state index contributed by atoms with van der Waals surface area (Å²) in [5.74, 6) is 0.826. The third kappa shape index (κ3) is 3.79. The van der Waals surface area contributed by atoms with Crippen molar-refractivity contribution in [3.8, 4) is 39.3 Å². The fourth-order valence-corrected chi connectivity index (χ4v) is 11.4. The van der Waals surface area contributed by atoms with Gasteiger partial charge < -0.3 is 0 Å². The number of allylic oxidation sites excluding steroid dienone is 1. The standard InChI is InChI=1S/C51H31N3S/c1-2-12-33-30(11-1)21-25-44-48(33)39-28-31(32-23-26-46-38(27-32)36-15-6-10-20-45(36)55-46)22-24-43(39)54(44)47-29-52-50-49(53-47)37-16-5-9-19-42(37)51(50)40-17-7-3-13-34(40)35-14-4-8-18-41(35)51/h1-5,7-14,16-29H,6,15H2. The van der Waals surface area contributed by atoms with Gasteiger partial charge in [0.05, 0.1) is 34.0 Å². The Hall–Kier alpha value is -6.62. The van der Waals surface area contributed by atoms with Gasteiger partial charge >= 0.3 is 0 Å². The average molecular weight is 718 g/mol. The molecule has 0 fully saturated rings. The molecule has 3 aliphatic carbocycles. The van der Waals surface area contributed by atoms with E-state index in [9.17, 15) is 0 Å². The van der Waals surface area contributed by atoms with Crippen LogP contribution in [0.25, 0.3) is 88.1 Å². The lowest BCUT2D eigenvalue weighted by Crippen LogP contribution is -2.27. The molecule has 3 heterocycles. The van der Waals surface area contributed by atoms with Crippen LogP contribution in [-0.2, 0) is 11.8 Å². The Labute approximate surface area is 321 Å². The van der Waals surface area contributed by atoms with Gasteiger partial charge in [0.1, 0.15) is 0 Å². The summed E-state index contributed by atoms with van der Waals surface area (Å²) in [6, 6.07) is 53.8. The quantitative estimate of drug-likeness (QED) is 0.178. The van der Waals surface area contributed by atoms with Crippen molar-refractivity contribution in [3.63, 3.8) is 0 Å². The predicted octanol–water partition coefficient (Wildman–Crippen LogP) is 12.9. The summed E-state index contributed by atoms with van der Waals surface area (Å²) >= 11 is 1.91. The molecular formula is C51H31N3S. The predicted molar refractivity (Wildman–Crippen MR) is 228 cm³/mol. The molecule has 0 saturated heterocycles. The van der Waals surface area contributed by atoms with E-state index in [1.165, 1.54) is 81.0 Å². The lowest BCUT2D eigenvalue weighted by Gasteiger charge is -2.28. The van der Waals surface area contributed by atoms with Crippen molar-refractivity contribution in [2.75, 3.05) is 0 Å². The molecule has 3 nitrogen and oxygen atoms in total. The number of aryl methyl sites for hydroxylation is 1. The second-order valence-corrected chi connectivity index (χ2v) is 16.2. The third-order valence-electron chi connectivity index (χ3n) is 12.5. The van der Waals surface area contributed by atoms with Crippen LogP contribution in [0.5, 0.6) is 0 Å². The summed E-state index contributed by atoms with van der Waals surface area (Å²) in [5.41, 5.74) is 15.2. The smallest absolute Gasteiger partial charge is 0.156 e. The minimum atomic E-state index is -0.518. The Bertz CT molecular complexity index is 3300. The molecule has 0 amide bonds. The van der Waals surface area contributed by atoms with E-state index in [1.54, 1.807) is 0 Å². The molecule has 0 radical (unpaired) electrons. The van der Waals surface area contributed by atoms with Gasteiger partial charge in [-0.15, -0.1) is 11.3 Å². The first-order valence-electron chi connectivity index (χ1n) is 19.1. The Morgan fingerprint density at radius 3 is 2.09 bits per heavy atom. The second-order valence-electron chi connectivity index (χ2n) is 15.2. The molecule has 3 aromatic heterocycles. The molecule has 0 N–H and O–H groups in total. The molecule has 256 valence electrons. The normalized spacial score (nSPS) is 14.5. The topological polar surface area (TPSA) is 30.7 Å². The summed E-state index contributed by atoms with van der Waals surface area (Å²) in [6.07, 6.45) is 8.85. The monoisotopic (exact) mass is 717 g/mol. The van der Waals surface area contributed by atoms with E-state index in [1.807, 2.05) is 17.5 Å². The highest BCUT2D eigenvalue weighted by Gasteiger charge is 2.53. The highest BCUT2D eigenvalue weighted by Crippen LogP contribution is 2.61. The van der Waals surface area contributed by atoms with Crippen LogP contribution in [-0.4, -0.2) is 14.5 Å². The molecule has 0 atom stereocenters. The molecule has 0 unspecified atom stereocenters. The SMILES string of the molecule is C1=Cc2sc3ccc(-c4ccc5c(c4)c4c6ccccc6ccc4n5-c4cnc5c(n4)-c4ccccc4C54c5ccccc5-c5ccccc54)cc3c2CC1. The van der Waals surface area contributed by atoms with Crippen LogP contribution >= 0.6 is 11.3 Å². The number of rotatable bonds is 2. The van der Waals surface area contributed by atoms with Crippen LogP contribution in [0.4, 0.5) is 0 Å². The fraction of sp³-hybridized carbons (Fsp3) is 0.0588. The van der Waals surface area contributed by atoms with Crippen LogP contribution in [0.3, 0.4) is 0 Å². The van der Waals surface area contributed by atoms with Crippen molar-refractivity contribution in [2.24, 2.45) is 0 Å². The van der Waals surface area contributed by atoms with Crippen molar-refractivity contribution in [1.29, 1.82) is 0 Å². The van der Waals surface area contributed by atoms with Gasteiger partial charge in [-0.05, 0) is 110 Å². The van der Waals surface area contributed by atoms with Crippen molar-refractivity contribution in [1.82, 2.24) is 14.5 Å². The molecule has 0 bridgehead atoms. The van der Waals surface area contributed by atoms with E-state index in [4.69, 9.17) is 9.97 Å². The molecule has 7 aromatic carbocycles. The van der Waals surface area contributed by atoms with Gasteiger partial charge in [-0.25, -0.2) is 4.98 Å². The molecule has 1 spiro atoms. The van der Waals surface area contributed by atoms with Crippen LogP contribution in [0.2, 0.25) is 0 Å². The Kier molecular flexibility index (Phi) is 5.82. The lowest BCUT2D eigenvalue weighted by molar-refractivity contribution is 0.754. The first kappa shape index (κ1) is 29.8. The summed E-state index contributed by atoms with van der Waals surface area (Å²) in [7, 11) is 0. The van der Waals surface area contributed by atoms with Gasteiger partial charge in [0.25, 0.3) is 0 Å². The van der Waals surface area contributed by atoms with Crippen molar-refractivity contribution in [2.45, 2.75) is 18.3 Å². The molecule has 10 aromatic rings. The van der Waals surface area contributed by atoms with Gasteiger partial charge in [0, 0.05) is 25.9 Å². The molecule has 0 saturated carbocycles. The Morgan fingerprint density at radius 2 is 1.27 bits per heavy atom. The van der Waals surface area contributed by atoms with E-state index < -0.39 is 5.41 Å². The number of nitrogens with zero attached hydrogens (tertiary/aromatic N) is 3. The number of hydrogen-bond donors (Lipinski definition) is 0. The fourth-order valence-electron chi connectivity index (χ4n) is 10.2. The van der Waals surface area contributed by atoms with Gasteiger partial charge in [0.2, 0.25) is 0 Å². The van der Waals surface area contributed by atoms with Gasteiger partial charge in [0.15, 0.2) is 5.82 Å². The highest BCUT2D eigenvalue weighted by atomic mass is 32.1. The summed E-state index contributed by atoms with van der Waals surface area (Å²) < 4.78 is 3.70. The first-order chi connectivity index (χ1) is 27.3. The van der Waals surface area contributed by atoms with E-state index in [2.05, 4.69) is 162 Å². The van der Waals surface area contributed by atoms with Gasteiger partial charge in [-0.1, -0.05) is 121 Å². The molecule has 3 aliphatic rings. The zero-order valence-electron chi connectivity index (χ0n) is 29.8. The number of hydrogen-bond acceptors (Lipinski definition) is 3. The van der Waals surface area contributed by atoms with E-state index in [-0.39, 0.29) is 0 Å². The van der Waals surface area contributed by atoms with Gasteiger partial charge in [-0.3, -0.25) is 9.55 Å². The number of thiophene rings is 1. The maximum Gasteiger partial charge on any atom is 0.156 e. The maximum absolute atomic E-state index is 5.63. The molecule has 55 heavy (non-hydrogen) atoms. The largest absolute Gasteiger partial charge is 0.292 e. The number of aromatic nitrogens is 3. The minimum Gasteiger partial charge on any atom is -0.292 e. The van der Waals surface area contributed by atoms with E-state index in [0.29, 0.717) is 0 Å². The zero-order valence-corrected chi connectivity index (χ0v) is 30.6. The minimum absolute atomic E-state index is 0.518. The van der Waals surface area contributed by atoms with Crippen molar-refractivity contribution >= 4 is 60.1 Å². The summed E-state index contributed by atoms with van der Waals surface area (Å²) in [4.78, 5) is 12.5.